The van der Waals surface area contributed by atoms with Crippen molar-refractivity contribution in [3.05, 3.63) is 75.3 Å². The van der Waals surface area contributed by atoms with E-state index in [0.717, 1.165) is 23.3 Å². The van der Waals surface area contributed by atoms with Crippen LogP contribution < -0.4 is 0 Å². The fourth-order valence-electron chi connectivity index (χ4n) is 3.01. The highest BCUT2D eigenvalue weighted by molar-refractivity contribution is 6.01. The predicted molar refractivity (Wildman–Crippen MR) is 95.3 cm³/mol. The number of amides is 1. The highest BCUT2D eigenvalue weighted by Gasteiger charge is 2.28. The zero-order valence-corrected chi connectivity index (χ0v) is 14.2. The molecule has 1 aliphatic heterocycles. The highest BCUT2D eigenvalue weighted by atomic mass is 16.6. The first-order chi connectivity index (χ1) is 12.0. The third-order valence-corrected chi connectivity index (χ3v) is 4.37. The summed E-state index contributed by atoms with van der Waals surface area (Å²) in [5, 5.41) is 16.8. The average Bonchev–Trinajstić information content (AvgIpc) is 2.62. The van der Waals surface area contributed by atoms with Crippen molar-refractivity contribution in [3.8, 4) is 0 Å². The first-order valence-electron chi connectivity index (χ1n) is 8.14. The van der Waals surface area contributed by atoms with Crippen molar-refractivity contribution in [2.75, 3.05) is 0 Å². The summed E-state index contributed by atoms with van der Waals surface area (Å²) in [5.74, 6) is -0.121. The minimum atomic E-state index is -0.429. The summed E-state index contributed by atoms with van der Waals surface area (Å²) in [6, 6.07) is 14.3. The summed E-state index contributed by atoms with van der Waals surface area (Å²) < 4.78 is 0. The Hall–Kier alpha value is -3.02. The molecule has 0 aliphatic carbocycles. The van der Waals surface area contributed by atoms with E-state index in [1.165, 1.54) is 29.6 Å². The van der Waals surface area contributed by atoms with E-state index in [4.69, 9.17) is 0 Å². The van der Waals surface area contributed by atoms with E-state index in [-0.39, 0.29) is 17.6 Å². The number of hydrazone groups is 1. The van der Waals surface area contributed by atoms with Crippen LogP contribution in [0.5, 0.6) is 0 Å². The summed E-state index contributed by atoms with van der Waals surface area (Å²) in [6.45, 7) is 3.53. The molecule has 6 heteroatoms. The maximum Gasteiger partial charge on any atom is 0.269 e. The maximum atomic E-state index is 12.1. The Morgan fingerprint density at radius 3 is 2.36 bits per heavy atom. The second kappa shape index (κ2) is 6.84. The van der Waals surface area contributed by atoms with Gasteiger partial charge in [-0.05, 0) is 43.0 Å². The van der Waals surface area contributed by atoms with Gasteiger partial charge in [0.25, 0.3) is 5.69 Å². The Morgan fingerprint density at radius 1 is 1.16 bits per heavy atom. The van der Waals surface area contributed by atoms with Crippen LogP contribution >= 0.6 is 0 Å². The van der Waals surface area contributed by atoms with E-state index in [1.807, 2.05) is 31.2 Å². The van der Waals surface area contributed by atoms with Crippen LogP contribution in [0.15, 0.2) is 53.6 Å². The maximum absolute atomic E-state index is 12.1. The summed E-state index contributed by atoms with van der Waals surface area (Å²) >= 11 is 0. The van der Waals surface area contributed by atoms with Gasteiger partial charge in [0.1, 0.15) is 0 Å². The van der Waals surface area contributed by atoms with Crippen LogP contribution in [0.3, 0.4) is 0 Å². The van der Waals surface area contributed by atoms with Crippen LogP contribution in [-0.2, 0) is 4.79 Å². The van der Waals surface area contributed by atoms with Crippen LogP contribution in [0.1, 0.15) is 42.5 Å². The molecule has 0 spiro atoms. The molecule has 1 aliphatic rings. The van der Waals surface area contributed by atoms with Gasteiger partial charge in [0.15, 0.2) is 0 Å². The lowest BCUT2D eigenvalue weighted by Gasteiger charge is -2.32. The second-order valence-corrected chi connectivity index (χ2v) is 6.18. The molecule has 0 saturated heterocycles. The molecule has 0 saturated carbocycles. The van der Waals surface area contributed by atoms with E-state index >= 15 is 0 Å². The van der Waals surface area contributed by atoms with E-state index < -0.39 is 4.92 Å². The van der Waals surface area contributed by atoms with Crippen molar-refractivity contribution >= 4 is 17.3 Å². The number of aryl methyl sites for hydroxylation is 1. The number of hydrogen-bond acceptors (Lipinski definition) is 4. The third-order valence-electron chi connectivity index (χ3n) is 4.37. The van der Waals surface area contributed by atoms with Crippen LogP contribution in [0.4, 0.5) is 5.69 Å². The van der Waals surface area contributed by atoms with Gasteiger partial charge in [-0.1, -0.05) is 29.8 Å². The first-order valence-corrected chi connectivity index (χ1v) is 8.14. The number of non-ortho nitro benzene ring substituents is 1. The van der Waals surface area contributed by atoms with Crippen LogP contribution in [0.2, 0.25) is 0 Å². The molecule has 1 heterocycles. The average molecular weight is 337 g/mol. The van der Waals surface area contributed by atoms with Gasteiger partial charge >= 0.3 is 0 Å². The van der Waals surface area contributed by atoms with Crippen LogP contribution in [0.25, 0.3) is 0 Å². The molecule has 1 atom stereocenters. The second-order valence-electron chi connectivity index (χ2n) is 6.18. The number of carbonyl (C=O) groups is 1. The minimum absolute atomic E-state index is 0.0427. The molecule has 0 aromatic heterocycles. The van der Waals surface area contributed by atoms with Crippen LogP contribution in [-0.4, -0.2) is 21.6 Å². The molecule has 0 N–H and O–H groups in total. The smallest absolute Gasteiger partial charge is 0.269 e. The molecular formula is C19H19N3O3. The SMILES string of the molecule is CC(=O)N1N=C(c2ccc([N+](=O)[O-])cc2)CCC1c1ccc(C)cc1. The number of carbonyl (C=O) groups excluding carboxylic acids is 1. The number of rotatable bonds is 3. The van der Waals surface area contributed by atoms with E-state index in [0.29, 0.717) is 6.42 Å². The molecule has 1 amide bonds. The molecule has 0 radical (unpaired) electrons. The van der Waals surface area contributed by atoms with Crippen molar-refractivity contribution in [2.45, 2.75) is 32.7 Å². The topological polar surface area (TPSA) is 75.8 Å². The van der Waals surface area contributed by atoms with Gasteiger partial charge in [0.2, 0.25) is 5.91 Å². The third kappa shape index (κ3) is 3.57. The molecule has 128 valence electrons. The van der Waals surface area contributed by atoms with Gasteiger partial charge in [0, 0.05) is 19.1 Å². The number of benzene rings is 2. The van der Waals surface area contributed by atoms with E-state index in [2.05, 4.69) is 5.10 Å². The van der Waals surface area contributed by atoms with Crippen molar-refractivity contribution in [3.63, 3.8) is 0 Å². The van der Waals surface area contributed by atoms with Crippen LogP contribution in [0, 0.1) is 17.0 Å². The number of nitrogens with zero attached hydrogens (tertiary/aromatic N) is 3. The Balaban J connectivity index is 1.90. The molecule has 3 rings (SSSR count). The standard InChI is InChI=1S/C19H19N3O3/c1-13-3-5-16(6-4-13)19-12-11-18(20-21(19)14(2)23)15-7-9-17(10-8-15)22(24)25/h3-10,19H,11-12H2,1-2H3. The van der Waals surface area contributed by atoms with Crippen molar-refractivity contribution in [1.82, 2.24) is 5.01 Å². The van der Waals surface area contributed by atoms with Gasteiger partial charge in [0.05, 0.1) is 16.7 Å². The molecular weight excluding hydrogens is 318 g/mol. The van der Waals surface area contributed by atoms with Gasteiger partial charge in [-0.25, -0.2) is 5.01 Å². The largest absolute Gasteiger partial charge is 0.273 e. The van der Waals surface area contributed by atoms with Gasteiger partial charge in [-0.2, -0.15) is 5.10 Å². The van der Waals surface area contributed by atoms with Crippen molar-refractivity contribution in [2.24, 2.45) is 5.10 Å². The molecule has 2 aromatic carbocycles. The summed E-state index contributed by atoms with van der Waals surface area (Å²) in [4.78, 5) is 22.4. The van der Waals surface area contributed by atoms with E-state index in [9.17, 15) is 14.9 Å². The normalized spacial score (nSPS) is 17.1. The Bertz CT molecular complexity index is 826. The molecule has 25 heavy (non-hydrogen) atoms. The zero-order chi connectivity index (χ0) is 18.0. The monoisotopic (exact) mass is 337 g/mol. The van der Waals surface area contributed by atoms with Gasteiger partial charge in [-0.15, -0.1) is 0 Å². The molecule has 6 nitrogen and oxygen atoms in total. The molecule has 0 bridgehead atoms. The summed E-state index contributed by atoms with van der Waals surface area (Å²) in [6.07, 6.45) is 1.47. The van der Waals surface area contributed by atoms with E-state index in [1.54, 1.807) is 12.1 Å². The quantitative estimate of drug-likeness (QED) is 0.627. The summed E-state index contributed by atoms with van der Waals surface area (Å²) in [7, 11) is 0. The van der Waals surface area contributed by atoms with Gasteiger partial charge < -0.3 is 0 Å². The molecule has 1 unspecified atom stereocenters. The van der Waals surface area contributed by atoms with Crippen molar-refractivity contribution < 1.29 is 9.72 Å². The fourth-order valence-corrected chi connectivity index (χ4v) is 3.01. The lowest BCUT2D eigenvalue weighted by atomic mass is 9.95. The fraction of sp³-hybridized carbons (Fsp3) is 0.263. The van der Waals surface area contributed by atoms with Crippen molar-refractivity contribution in [1.29, 1.82) is 0 Å². The minimum Gasteiger partial charge on any atom is -0.273 e. The lowest BCUT2D eigenvalue weighted by Crippen LogP contribution is -2.33. The Kier molecular flexibility index (Phi) is 4.61. The zero-order valence-electron chi connectivity index (χ0n) is 14.2. The number of hydrogen-bond donors (Lipinski definition) is 0. The molecule has 0 fully saturated rings. The highest BCUT2D eigenvalue weighted by Crippen LogP contribution is 2.32. The molecule has 2 aromatic rings. The predicted octanol–water partition coefficient (Wildman–Crippen LogP) is 3.99. The Labute approximate surface area is 145 Å². The number of nitro groups is 1. The Morgan fingerprint density at radius 2 is 1.80 bits per heavy atom. The number of nitro benzene ring substituents is 1. The van der Waals surface area contributed by atoms with Gasteiger partial charge in [-0.3, -0.25) is 14.9 Å². The summed E-state index contributed by atoms with van der Waals surface area (Å²) in [5.41, 5.74) is 3.85. The lowest BCUT2D eigenvalue weighted by molar-refractivity contribution is -0.384. The first kappa shape index (κ1) is 16.8.